The molecule has 7 nitrogen and oxygen atoms in total. The number of guanidine groups is 1. The highest BCUT2D eigenvalue weighted by atomic mass is 127. The average Bonchev–Trinajstić information content (AvgIpc) is 2.67. The van der Waals surface area contributed by atoms with Gasteiger partial charge in [0.1, 0.15) is 5.82 Å². The number of hydrogen-bond donors (Lipinski definition) is 2. The maximum absolute atomic E-state index is 12.4. The highest BCUT2D eigenvalue weighted by molar-refractivity contribution is 14.0. The van der Waals surface area contributed by atoms with Gasteiger partial charge in [0.25, 0.3) is 0 Å². The van der Waals surface area contributed by atoms with Crippen LogP contribution in [0.15, 0.2) is 29.4 Å². The van der Waals surface area contributed by atoms with Gasteiger partial charge in [-0.25, -0.2) is 4.98 Å². The van der Waals surface area contributed by atoms with E-state index in [0.29, 0.717) is 19.0 Å². The van der Waals surface area contributed by atoms with Crippen LogP contribution in [0.5, 0.6) is 0 Å². The van der Waals surface area contributed by atoms with E-state index in [0.717, 1.165) is 44.4 Å². The molecular weight excluding hydrogens is 443 g/mol. The monoisotopic (exact) mass is 474 g/mol. The first-order valence-electron chi connectivity index (χ1n) is 9.05. The smallest absolute Gasteiger partial charge is 0.224 e. The number of aliphatic imine (C=N–C) groups is 1. The summed E-state index contributed by atoms with van der Waals surface area (Å²) in [6.07, 6.45) is 3.31. The Morgan fingerprint density at radius 1 is 1.31 bits per heavy atom. The third-order valence-electron chi connectivity index (χ3n) is 4.46. The molecule has 1 fully saturated rings. The highest BCUT2D eigenvalue weighted by Gasteiger charge is 2.21. The van der Waals surface area contributed by atoms with Crippen LogP contribution in [0.2, 0.25) is 0 Å². The minimum atomic E-state index is 0. The van der Waals surface area contributed by atoms with Gasteiger partial charge >= 0.3 is 0 Å². The molecule has 1 aliphatic heterocycles. The maximum Gasteiger partial charge on any atom is 0.224 e. The Morgan fingerprint density at radius 2 is 2.04 bits per heavy atom. The third-order valence-corrected chi connectivity index (χ3v) is 4.46. The van der Waals surface area contributed by atoms with Crippen molar-refractivity contribution in [3.63, 3.8) is 0 Å². The Labute approximate surface area is 173 Å². The van der Waals surface area contributed by atoms with Crippen LogP contribution in [0.4, 0.5) is 5.82 Å². The summed E-state index contributed by atoms with van der Waals surface area (Å²) in [6, 6.07) is 6.28. The zero-order valence-corrected chi connectivity index (χ0v) is 18.3. The van der Waals surface area contributed by atoms with Crippen molar-refractivity contribution in [2.75, 3.05) is 44.7 Å². The molecule has 0 spiro atoms. The lowest BCUT2D eigenvalue weighted by Crippen LogP contribution is -2.50. The van der Waals surface area contributed by atoms with Crippen molar-refractivity contribution in [2.45, 2.75) is 32.7 Å². The van der Waals surface area contributed by atoms with E-state index in [1.165, 1.54) is 0 Å². The van der Waals surface area contributed by atoms with Crippen molar-refractivity contribution in [3.8, 4) is 0 Å². The lowest BCUT2D eigenvalue weighted by molar-refractivity contribution is -0.131. The van der Waals surface area contributed by atoms with Crippen molar-refractivity contribution in [1.29, 1.82) is 0 Å². The number of pyridine rings is 1. The van der Waals surface area contributed by atoms with Crippen molar-refractivity contribution >= 4 is 41.7 Å². The van der Waals surface area contributed by atoms with Crippen LogP contribution < -0.4 is 15.5 Å². The molecular formula is C18H31IN6O. The summed E-state index contributed by atoms with van der Waals surface area (Å²) in [5.74, 6) is 1.92. The molecule has 1 aromatic rings. The summed E-state index contributed by atoms with van der Waals surface area (Å²) in [7, 11) is 1.75. The van der Waals surface area contributed by atoms with E-state index >= 15 is 0 Å². The second kappa shape index (κ2) is 11.9. The molecule has 1 unspecified atom stereocenters. The second-order valence-electron chi connectivity index (χ2n) is 6.26. The number of rotatable bonds is 6. The number of aromatic nitrogens is 1. The van der Waals surface area contributed by atoms with Gasteiger partial charge in [-0.05, 0) is 25.5 Å². The van der Waals surface area contributed by atoms with Gasteiger partial charge in [0.05, 0.1) is 0 Å². The highest BCUT2D eigenvalue weighted by Crippen LogP contribution is 2.12. The van der Waals surface area contributed by atoms with E-state index in [4.69, 9.17) is 0 Å². The van der Waals surface area contributed by atoms with E-state index in [1.807, 2.05) is 23.1 Å². The fraction of sp³-hybridized carbons (Fsp3) is 0.611. The lowest BCUT2D eigenvalue weighted by Gasteiger charge is -2.35. The Balaban J connectivity index is 0.00000338. The fourth-order valence-electron chi connectivity index (χ4n) is 2.70. The minimum absolute atomic E-state index is 0. The molecule has 26 heavy (non-hydrogen) atoms. The van der Waals surface area contributed by atoms with Crippen LogP contribution >= 0.6 is 24.0 Å². The first-order chi connectivity index (χ1) is 12.1. The van der Waals surface area contributed by atoms with Crippen molar-refractivity contribution in [3.05, 3.63) is 24.4 Å². The largest absolute Gasteiger partial charge is 0.356 e. The average molecular weight is 474 g/mol. The van der Waals surface area contributed by atoms with E-state index < -0.39 is 0 Å². The van der Waals surface area contributed by atoms with E-state index in [1.54, 1.807) is 13.2 Å². The van der Waals surface area contributed by atoms with Gasteiger partial charge in [-0.2, -0.15) is 0 Å². The molecule has 8 heteroatoms. The minimum Gasteiger partial charge on any atom is -0.356 e. The quantitative estimate of drug-likeness (QED) is 0.373. The van der Waals surface area contributed by atoms with Gasteiger partial charge in [0.15, 0.2) is 5.96 Å². The first-order valence-corrected chi connectivity index (χ1v) is 9.05. The summed E-state index contributed by atoms with van der Waals surface area (Å²) < 4.78 is 0. The molecule has 0 aromatic carbocycles. The second-order valence-corrected chi connectivity index (χ2v) is 6.26. The van der Waals surface area contributed by atoms with Crippen LogP contribution in [0.25, 0.3) is 0 Å². The Kier molecular flexibility index (Phi) is 10.3. The third kappa shape index (κ3) is 6.97. The van der Waals surface area contributed by atoms with Gasteiger partial charge in [-0.1, -0.05) is 13.0 Å². The summed E-state index contributed by atoms with van der Waals surface area (Å²) in [5, 5.41) is 6.50. The molecule has 2 N–H and O–H groups in total. The normalized spacial score (nSPS) is 15.9. The van der Waals surface area contributed by atoms with E-state index in [-0.39, 0.29) is 29.9 Å². The zero-order valence-electron chi connectivity index (χ0n) is 15.9. The van der Waals surface area contributed by atoms with Crippen molar-refractivity contribution in [1.82, 2.24) is 20.5 Å². The molecule has 1 aromatic heterocycles. The van der Waals surface area contributed by atoms with E-state index in [2.05, 4.69) is 39.4 Å². The molecule has 2 rings (SSSR count). The number of nitrogens with one attached hydrogen (secondary N) is 2. The maximum atomic E-state index is 12.4. The zero-order chi connectivity index (χ0) is 18.1. The summed E-state index contributed by atoms with van der Waals surface area (Å²) in [4.78, 5) is 25.1. The summed E-state index contributed by atoms with van der Waals surface area (Å²) in [5.41, 5.74) is 0. The number of carbonyl (C=O) groups excluding carboxylic acids is 1. The molecule has 0 saturated carbocycles. The van der Waals surface area contributed by atoms with Gasteiger partial charge in [-0.3, -0.25) is 9.79 Å². The number of nitrogens with zero attached hydrogens (tertiary/aromatic N) is 4. The topological polar surface area (TPSA) is 72.9 Å². The van der Waals surface area contributed by atoms with Gasteiger partial charge < -0.3 is 20.4 Å². The fourth-order valence-corrected chi connectivity index (χ4v) is 2.70. The summed E-state index contributed by atoms with van der Waals surface area (Å²) >= 11 is 0. The molecule has 0 radical (unpaired) electrons. The number of piperazine rings is 1. The SMILES string of the molecule is CCC(C)NC(=NC)NCCC(=O)N1CCN(c2ccccn2)CC1.I. The predicted molar refractivity (Wildman–Crippen MR) is 117 cm³/mol. The molecule has 146 valence electrons. The van der Waals surface area contributed by atoms with Gasteiger partial charge in [0, 0.05) is 58.4 Å². The van der Waals surface area contributed by atoms with Crippen LogP contribution in [-0.4, -0.2) is 67.6 Å². The molecule has 2 heterocycles. The number of hydrogen-bond acceptors (Lipinski definition) is 4. The number of anilines is 1. The first kappa shape index (κ1) is 22.5. The predicted octanol–water partition coefficient (Wildman–Crippen LogP) is 1.70. The van der Waals surface area contributed by atoms with Crippen molar-refractivity contribution in [2.24, 2.45) is 4.99 Å². The van der Waals surface area contributed by atoms with E-state index in [9.17, 15) is 4.79 Å². The lowest BCUT2D eigenvalue weighted by atomic mass is 10.2. The standard InChI is InChI=1S/C18H30N6O.HI/c1-4-15(2)22-18(19-3)21-10-8-17(25)24-13-11-23(12-14-24)16-7-5-6-9-20-16;/h5-7,9,15H,4,8,10-14H2,1-3H3,(H2,19,21,22);1H. The number of carbonyl (C=O) groups is 1. The van der Waals surface area contributed by atoms with Crippen molar-refractivity contribution < 1.29 is 4.79 Å². The Hall–Kier alpha value is -1.58. The van der Waals surface area contributed by atoms with Crippen LogP contribution in [-0.2, 0) is 4.79 Å². The van der Waals surface area contributed by atoms with Crippen LogP contribution in [0.1, 0.15) is 26.7 Å². The molecule has 1 saturated heterocycles. The van der Waals surface area contributed by atoms with Crippen LogP contribution in [0.3, 0.4) is 0 Å². The molecule has 0 aliphatic carbocycles. The molecule has 1 amide bonds. The molecule has 1 atom stereocenters. The Bertz CT molecular complexity index is 560. The Morgan fingerprint density at radius 3 is 2.62 bits per heavy atom. The van der Waals surface area contributed by atoms with Gasteiger partial charge in [-0.15, -0.1) is 24.0 Å². The molecule has 1 aliphatic rings. The molecule has 0 bridgehead atoms. The number of halogens is 1. The van der Waals surface area contributed by atoms with Gasteiger partial charge in [0.2, 0.25) is 5.91 Å². The number of amides is 1. The van der Waals surface area contributed by atoms with Crippen LogP contribution in [0, 0.1) is 0 Å². The summed E-state index contributed by atoms with van der Waals surface area (Å²) in [6.45, 7) is 7.97.